The zero-order chi connectivity index (χ0) is 25.4. The molecule has 2 N–H and O–H groups in total. The van der Waals surface area contributed by atoms with Gasteiger partial charge in [0.15, 0.2) is 0 Å². The van der Waals surface area contributed by atoms with E-state index >= 15 is 0 Å². The first-order chi connectivity index (χ1) is 16.4. The molecule has 35 heavy (non-hydrogen) atoms. The average molecular weight is 512 g/mol. The highest BCUT2D eigenvalue weighted by Crippen LogP contribution is 2.34. The van der Waals surface area contributed by atoms with Crippen LogP contribution in [0.3, 0.4) is 0 Å². The van der Waals surface area contributed by atoms with Crippen LogP contribution >= 0.6 is 11.6 Å². The lowest BCUT2D eigenvalue weighted by atomic mass is 10.1. The van der Waals surface area contributed by atoms with E-state index in [9.17, 15) is 9.00 Å². The number of nitrogens with zero attached hydrogens (tertiary/aromatic N) is 3. The Morgan fingerprint density at radius 3 is 2.60 bits per heavy atom. The molecule has 10 heteroatoms. The van der Waals surface area contributed by atoms with Crippen molar-refractivity contribution in [1.82, 2.24) is 14.8 Å². The number of fused-ring (bicyclic) bond motifs is 1. The Kier molecular flexibility index (Phi) is 6.57. The molecule has 0 saturated carbocycles. The number of ether oxygens (including phenoxy) is 1. The van der Waals surface area contributed by atoms with E-state index in [0.29, 0.717) is 38.0 Å². The second-order valence-electron chi connectivity index (χ2n) is 9.27. The van der Waals surface area contributed by atoms with Gasteiger partial charge in [-0.25, -0.2) is 8.99 Å². The van der Waals surface area contributed by atoms with Crippen molar-refractivity contribution < 1.29 is 13.7 Å². The summed E-state index contributed by atoms with van der Waals surface area (Å²) in [6.45, 7) is 6.09. The molecule has 0 bridgehead atoms. The first-order valence-corrected chi connectivity index (χ1v) is 13.2. The van der Waals surface area contributed by atoms with E-state index < -0.39 is 9.73 Å². The number of rotatable bonds is 6. The van der Waals surface area contributed by atoms with Gasteiger partial charge >= 0.3 is 0 Å². The maximum absolute atomic E-state index is 12.5. The molecule has 0 spiro atoms. The molecule has 1 amide bonds. The van der Waals surface area contributed by atoms with Gasteiger partial charge in [0.05, 0.1) is 44.1 Å². The second-order valence-corrected chi connectivity index (χ2v) is 11.8. The molecular formula is C25H26ClN5O3S. The molecule has 1 atom stereocenters. The van der Waals surface area contributed by atoms with Gasteiger partial charge in [-0.05, 0) is 62.7 Å². The van der Waals surface area contributed by atoms with Gasteiger partial charge in [0.25, 0.3) is 0 Å². The lowest BCUT2D eigenvalue weighted by Crippen LogP contribution is -2.22. The van der Waals surface area contributed by atoms with E-state index in [1.807, 2.05) is 20.8 Å². The lowest BCUT2D eigenvalue weighted by Gasteiger charge is -2.18. The van der Waals surface area contributed by atoms with Crippen LogP contribution < -0.4 is 10.1 Å². The van der Waals surface area contributed by atoms with Crippen LogP contribution in [0.2, 0.25) is 5.02 Å². The summed E-state index contributed by atoms with van der Waals surface area (Å²) in [5.74, 6) is 0.696. The van der Waals surface area contributed by atoms with Crippen molar-refractivity contribution in [3.05, 3.63) is 71.6 Å². The quantitative estimate of drug-likeness (QED) is 0.337. The largest absolute Gasteiger partial charge is 0.455 e. The SMILES string of the molecule is CC(C)(C)n1cc(NC(=O)Cc2ccc(Oc3ccnc4ccc(S(C)(=N)=O)cc34)c(Cl)c2)cn1. The maximum atomic E-state index is 12.5. The smallest absolute Gasteiger partial charge is 0.228 e. The summed E-state index contributed by atoms with van der Waals surface area (Å²) in [5.41, 5.74) is 1.83. The Balaban J connectivity index is 1.50. The van der Waals surface area contributed by atoms with Crippen molar-refractivity contribution in [3.8, 4) is 11.5 Å². The Morgan fingerprint density at radius 1 is 1.17 bits per heavy atom. The van der Waals surface area contributed by atoms with E-state index in [4.69, 9.17) is 21.1 Å². The zero-order valence-corrected chi connectivity index (χ0v) is 21.4. The third-order valence-corrected chi connectivity index (χ3v) is 6.71. The normalized spacial score (nSPS) is 13.4. The van der Waals surface area contributed by atoms with Crippen molar-refractivity contribution in [1.29, 1.82) is 4.78 Å². The molecule has 4 rings (SSSR count). The molecule has 2 aromatic carbocycles. The van der Waals surface area contributed by atoms with Gasteiger partial charge in [-0.3, -0.25) is 14.5 Å². The number of anilines is 1. The Bertz CT molecular complexity index is 1520. The fourth-order valence-corrected chi connectivity index (χ4v) is 4.34. The van der Waals surface area contributed by atoms with E-state index in [2.05, 4.69) is 15.4 Å². The lowest BCUT2D eigenvalue weighted by molar-refractivity contribution is -0.115. The van der Waals surface area contributed by atoms with Crippen LogP contribution in [-0.2, 0) is 26.5 Å². The molecule has 0 fully saturated rings. The van der Waals surface area contributed by atoms with E-state index in [1.165, 1.54) is 6.26 Å². The predicted molar refractivity (Wildman–Crippen MR) is 138 cm³/mol. The van der Waals surface area contributed by atoms with Crippen molar-refractivity contribution in [2.45, 2.75) is 37.6 Å². The first kappa shape index (κ1) is 24.7. The van der Waals surface area contributed by atoms with Crippen LogP contribution in [0.4, 0.5) is 5.69 Å². The van der Waals surface area contributed by atoms with Gasteiger partial charge in [0.1, 0.15) is 11.5 Å². The summed E-state index contributed by atoms with van der Waals surface area (Å²) < 4.78 is 27.9. The number of amides is 1. The van der Waals surface area contributed by atoms with Gasteiger partial charge in [-0.1, -0.05) is 17.7 Å². The van der Waals surface area contributed by atoms with Crippen molar-refractivity contribution in [3.63, 3.8) is 0 Å². The highest BCUT2D eigenvalue weighted by Gasteiger charge is 2.16. The number of aromatic nitrogens is 3. The molecule has 2 heterocycles. The molecule has 0 aliphatic carbocycles. The fourth-order valence-electron chi connectivity index (χ4n) is 3.43. The molecule has 0 aliphatic rings. The van der Waals surface area contributed by atoms with Gasteiger partial charge in [-0.15, -0.1) is 0 Å². The van der Waals surface area contributed by atoms with E-state index in [1.54, 1.807) is 65.7 Å². The summed E-state index contributed by atoms with van der Waals surface area (Å²) in [6.07, 6.45) is 6.53. The summed E-state index contributed by atoms with van der Waals surface area (Å²) in [5, 5.41) is 8.11. The van der Waals surface area contributed by atoms with Crippen LogP contribution in [0.15, 0.2) is 66.0 Å². The maximum Gasteiger partial charge on any atom is 0.228 e. The summed E-state index contributed by atoms with van der Waals surface area (Å²) >= 11 is 6.47. The first-order valence-electron chi connectivity index (χ1n) is 10.8. The monoisotopic (exact) mass is 511 g/mol. The van der Waals surface area contributed by atoms with Gasteiger partial charge in [-0.2, -0.15) is 5.10 Å². The summed E-state index contributed by atoms with van der Waals surface area (Å²) in [6, 6.07) is 11.8. The minimum atomic E-state index is -2.89. The minimum Gasteiger partial charge on any atom is -0.455 e. The average Bonchev–Trinajstić information content (AvgIpc) is 3.24. The number of carbonyl (C=O) groups is 1. The second kappa shape index (κ2) is 9.31. The number of hydrogen-bond donors (Lipinski definition) is 2. The van der Waals surface area contributed by atoms with Gasteiger partial charge in [0.2, 0.25) is 5.91 Å². The minimum absolute atomic E-state index is 0.136. The topological polar surface area (TPSA) is 110 Å². The molecule has 8 nitrogen and oxygen atoms in total. The molecule has 2 aromatic heterocycles. The summed E-state index contributed by atoms with van der Waals surface area (Å²) in [7, 11) is -2.89. The molecule has 1 unspecified atom stereocenters. The van der Waals surface area contributed by atoms with Crippen molar-refractivity contribution in [2.24, 2.45) is 0 Å². The predicted octanol–water partition coefficient (Wildman–Crippen LogP) is 5.85. The summed E-state index contributed by atoms with van der Waals surface area (Å²) in [4.78, 5) is 17.2. The van der Waals surface area contributed by atoms with Crippen molar-refractivity contribution in [2.75, 3.05) is 11.6 Å². The Labute approximate surface area is 209 Å². The number of carbonyl (C=O) groups excluding carboxylic acids is 1. The van der Waals surface area contributed by atoms with Crippen LogP contribution in [0, 0.1) is 4.78 Å². The number of benzene rings is 2. The third kappa shape index (κ3) is 5.80. The number of pyridine rings is 1. The standard InChI is InChI=1S/C25H26ClN5O3S/c1-25(2,3)31-15-17(14-29-31)30-24(32)12-16-5-8-23(20(26)11-16)34-22-9-10-28-21-7-6-18(13-19(21)22)35(4,27)33/h5-11,13-15,27H,12H2,1-4H3,(H,30,32). The van der Waals surface area contributed by atoms with Gasteiger partial charge in [0, 0.05) is 28.9 Å². The van der Waals surface area contributed by atoms with Gasteiger partial charge < -0.3 is 10.1 Å². The molecule has 0 aliphatic heterocycles. The molecule has 0 saturated heterocycles. The number of halogens is 1. The van der Waals surface area contributed by atoms with Crippen molar-refractivity contribution >= 4 is 43.8 Å². The Morgan fingerprint density at radius 2 is 1.94 bits per heavy atom. The zero-order valence-electron chi connectivity index (χ0n) is 19.8. The number of hydrogen-bond acceptors (Lipinski definition) is 6. The highest BCUT2D eigenvalue weighted by molar-refractivity contribution is 7.91. The van der Waals surface area contributed by atoms with E-state index in [-0.39, 0.29) is 17.9 Å². The highest BCUT2D eigenvalue weighted by atomic mass is 35.5. The van der Waals surface area contributed by atoms with Crippen LogP contribution in [0.25, 0.3) is 10.9 Å². The van der Waals surface area contributed by atoms with Crippen LogP contribution in [0.1, 0.15) is 26.3 Å². The third-order valence-electron chi connectivity index (χ3n) is 5.26. The number of nitrogens with one attached hydrogen (secondary N) is 2. The van der Waals surface area contributed by atoms with Crippen LogP contribution in [0.5, 0.6) is 11.5 Å². The molecule has 4 aromatic rings. The fraction of sp³-hybridized carbons (Fsp3) is 0.240. The van der Waals surface area contributed by atoms with E-state index in [0.717, 1.165) is 5.56 Å². The van der Waals surface area contributed by atoms with Crippen LogP contribution in [-0.4, -0.2) is 31.1 Å². The Hall–Kier alpha value is -3.43. The molecular weight excluding hydrogens is 486 g/mol. The molecule has 0 radical (unpaired) electrons. The molecule has 182 valence electrons.